The summed E-state index contributed by atoms with van der Waals surface area (Å²) >= 11 is 0. The van der Waals surface area contributed by atoms with Crippen LogP contribution in [0.2, 0.25) is 0 Å². The van der Waals surface area contributed by atoms with Crippen LogP contribution in [0.25, 0.3) is 0 Å². The van der Waals surface area contributed by atoms with Crippen LogP contribution in [0.3, 0.4) is 0 Å². The number of rotatable bonds is 3. The van der Waals surface area contributed by atoms with Gasteiger partial charge in [0, 0.05) is 12.0 Å². The zero-order valence-electron chi connectivity index (χ0n) is 21.2. The molecule has 0 aromatic rings. The van der Waals surface area contributed by atoms with Crippen LogP contribution < -0.4 is 11.5 Å². The highest BCUT2D eigenvalue weighted by molar-refractivity contribution is 5.19. The molecule has 6 nitrogen and oxygen atoms in total. The van der Waals surface area contributed by atoms with Crippen molar-refractivity contribution in [2.75, 3.05) is 0 Å². The lowest BCUT2D eigenvalue weighted by Crippen LogP contribution is -2.67. The molecule has 6 heteroatoms. The van der Waals surface area contributed by atoms with Gasteiger partial charge in [-0.05, 0) is 106 Å². The number of ether oxygens (including phenoxy) is 2. The van der Waals surface area contributed by atoms with Crippen molar-refractivity contribution in [3.63, 3.8) is 0 Å². The predicted molar refractivity (Wildman–Crippen MR) is 128 cm³/mol. The molecule has 6 N–H and O–H groups in total. The molecule has 0 aromatic carbocycles. The largest absolute Gasteiger partial charge is 0.393 e. The van der Waals surface area contributed by atoms with Gasteiger partial charge in [0.05, 0.1) is 30.5 Å². The fourth-order valence-electron chi connectivity index (χ4n) is 9.58. The van der Waals surface area contributed by atoms with Crippen molar-refractivity contribution in [2.45, 2.75) is 134 Å². The first kappa shape index (κ1) is 24.5. The van der Waals surface area contributed by atoms with Gasteiger partial charge < -0.3 is 31.2 Å². The number of nitrogens with two attached hydrogens (primary N) is 2. The molecule has 5 fully saturated rings. The van der Waals surface area contributed by atoms with Crippen molar-refractivity contribution in [3.8, 4) is 0 Å². The Labute approximate surface area is 200 Å². The van der Waals surface area contributed by atoms with Gasteiger partial charge in [0.15, 0.2) is 6.29 Å². The van der Waals surface area contributed by atoms with E-state index in [1.807, 2.05) is 13.8 Å². The van der Waals surface area contributed by atoms with E-state index >= 15 is 0 Å². The minimum absolute atomic E-state index is 0.0581. The lowest BCUT2D eigenvalue weighted by atomic mass is 9.42. The van der Waals surface area contributed by atoms with E-state index in [0.29, 0.717) is 35.5 Å². The predicted octanol–water partition coefficient (Wildman–Crippen LogP) is 3.32. The highest BCUT2D eigenvalue weighted by Gasteiger charge is 2.66. The first-order valence-corrected chi connectivity index (χ1v) is 13.7. The fraction of sp³-hybridized carbons (Fsp3) is 1.00. The van der Waals surface area contributed by atoms with Crippen molar-refractivity contribution in [1.82, 2.24) is 0 Å². The highest BCUT2D eigenvalue weighted by Crippen LogP contribution is 2.68. The molecule has 1 saturated heterocycles. The van der Waals surface area contributed by atoms with Gasteiger partial charge in [-0.15, -0.1) is 0 Å². The lowest BCUT2D eigenvalue weighted by molar-refractivity contribution is -0.248. The third kappa shape index (κ3) is 3.65. The fourth-order valence-corrected chi connectivity index (χ4v) is 9.58. The third-order valence-corrected chi connectivity index (χ3v) is 11.7. The Balaban J connectivity index is 1.28. The molecule has 0 amide bonds. The Bertz CT molecular complexity index is 723. The second kappa shape index (κ2) is 8.41. The monoisotopic (exact) mass is 464 g/mol. The van der Waals surface area contributed by atoms with E-state index < -0.39 is 6.10 Å². The van der Waals surface area contributed by atoms with Crippen molar-refractivity contribution in [3.05, 3.63) is 0 Å². The minimum atomic E-state index is -0.558. The van der Waals surface area contributed by atoms with Gasteiger partial charge in [0.25, 0.3) is 0 Å². The van der Waals surface area contributed by atoms with Crippen LogP contribution in [0.1, 0.15) is 91.9 Å². The van der Waals surface area contributed by atoms with E-state index in [-0.39, 0.29) is 41.6 Å². The summed E-state index contributed by atoms with van der Waals surface area (Å²) in [5, 5.41) is 20.8. The molecule has 0 radical (unpaired) electrons. The first-order chi connectivity index (χ1) is 15.5. The summed E-state index contributed by atoms with van der Waals surface area (Å²) in [7, 11) is 0. The summed E-state index contributed by atoms with van der Waals surface area (Å²) in [5.74, 6) is 2.23. The highest BCUT2D eigenvalue weighted by atomic mass is 16.7. The summed E-state index contributed by atoms with van der Waals surface area (Å²) in [6.07, 6.45) is 9.58. The van der Waals surface area contributed by atoms with Crippen LogP contribution in [0.5, 0.6) is 0 Å². The molecule has 33 heavy (non-hydrogen) atoms. The van der Waals surface area contributed by atoms with E-state index in [2.05, 4.69) is 13.8 Å². The maximum Gasteiger partial charge on any atom is 0.160 e. The Morgan fingerprint density at radius 2 is 1.76 bits per heavy atom. The third-order valence-electron chi connectivity index (χ3n) is 11.7. The smallest absolute Gasteiger partial charge is 0.160 e. The average Bonchev–Trinajstić information content (AvgIpc) is 3.04. The maximum atomic E-state index is 10.5. The second-order valence-corrected chi connectivity index (χ2v) is 13.1. The quantitative estimate of drug-likeness (QED) is 0.477. The number of hydrogen-bond donors (Lipinski definition) is 4. The standard InChI is InChI=1S/C27H48N2O4/c1-15(30)19-9-12-27(29)21-6-5-17-13-18(33-23-14-22(31)24(28)16(2)32-23)7-10-25(17,3)20(21)8-11-26(19,27)4/h15-24,30-31H,5-14,28-29H2,1-4H3/t15-,16-,17+,18-,19+,20-,21+,22-,23-,24+,25-,26+,27-/m0/s1. The van der Waals surface area contributed by atoms with Crippen LogP contribution >= 0.6 is 0 Å². The van der Waals surface area contributed by atoms with E-state index in [1.165, 1.54) is 25.7 Å². The number of fused-ring (bicyclic) bond motifs is 5. The first-order valence-electron chi connectivity index (χ1n) is 13.7. The summed E-state index contributed by atoms with van der Waals surface area (Å²) < 4.78 is 12.4. The SMILES string of the molecule is C[C@H](O)[C@H]1CC[C@]2(N)[C@@H]3CC[C@@H]4C[C@@H](O[C@H]5C[C@H](O)[C@H](N)[C@H](C)O5)CC[C@]4(C)[C@H]3CC[C@]12C. The zero-order valence-corrected chi connectivity index (χ0v) is 21.2. The van der Waals surface area contributed by atoms with Gasteiger partial charge in [-0.25, -0.2) is 0 Å². The van der Waals surface area contributed by atoms with Crippen molar-refractivity contribution in [1.29, 1.82) is 0 Å². The topological polar surface area (TPSA) is 111 Å². The minimum Gasteiger partial charge on any atom is -0.393 e. The van der Waals surface area contributed by atoms with Gasteiger partial charge in [0.1, 0.15) is 0 Å². The van der Waals surface area contributed by atoms with Gasteiger partial charge in [-0.2, -0.15) is 0 Å². The molecule has 0 bridgehead atoms. The summed E-state index contributed by atoms with van der Waals surface area (Å²) in [6.45, 7) is 8.82. The molecule has 13 atom stereocenters. The van der Waals surface area contributed by atoms with Gasteiger partial charge >= 0.3 is 0 Å². The molecule has 0 unspecified atom stereocenters. The number of aliphatic hydroxyl groups is 2. The summed E-state index contributed by atoms with van der Waals surface area (Å²) in [4.78, 5) is 0. The van der Waals surface area contributed by atoms with E-state index in [1.54, 1.807) is 0 Å². The summed E-state index contributed by atoms with van der Waals surface area (Å²) in [6, 6.07) is -0.334. The molecule has 4 aliphatic carbocycles. The molecule has 0 aromatic heterocycles. The van der Waals surface area contributed by atoms with Gasteiger partial charge in [-0.1, -0.05) is 13.8 Å². The van der Waals surface area contributed by atoms with Crippen molar-refractivity contribution < 1.29 is 19.7 Å². The molecule has 5 rings (SSSR count). The number of hydrogen-bond acceptors (Lipinski definition) is 6. The van der Waals surface area contributed by atoms with Crippen LogP contribution in [0.4, 0.5) is 0 Å². The van der Waals surface area contributed by atoms with Crippen molar-refractivity contribution >= 4 is 0 Å². The molecule has 190 valence electrons. The van der Waals surface area contributed by atoms with Gasteiger partial charge in [-0.3, -0.25) is 0 Å². The second-order valence-electron chi connectivity index (χ2n) is 13.1. The molecular formula is C27H48N2O4. The molecule has 5 aliphatic rings. The van der Waals surface area contributed by atoms with E-state index in [4.69, 9.17) is 20.9 Å². The Morgan fingerprint density at radius 1 is 1.00 bits per heavy atom. The molecule has 1 heterocycles. The van der Waals surface area contributed by atoms with Crippen LogP contribution in [-0.4, -0.2) is 52.5 Å². The average molecular weight is 465 g/mol. The molecule has 0 spiro atoms. The lowest BCUT2D eigenvalue weighted by Gasteiger charge is -2.64. The number of aliphatic hydroxyl groups excluding tert-OH is 2. The Kier molecular flexibility index (Phi) is 6.24. The normalized spacial score (nSPS) is 57.6. The zero-order chi connectivity index (χ0) is 23.8. The van der Waals surface area contributed by atoms with Crippen molar-refractivity contribution in [2.24, 2.45) is 46.0 Å². The Morgan fingerprint density at radius 3 is 2.45 bits per heavy atom. The van der Waals surface area contributed by atoms with Crippen LogP contribution in [0.15, 0.2) is 0 Å². The molecule has 1 aliphatic heterocycles. The van der Waals surface area contributed by atoms with Crippen LogP contribution in [0, 0.1) is 34.5 Å². The van der Waals surface area contributed by atoms with Gasteiger partial charge in [0.2, 0.25) is 0 Å². The van der Waals surface area contributed by atoms with Crippen LogP contribution in [-0.2, 0) is 9.47 Å². The van der Waals surface area contributed by atoms with E-state index in [9.17, 15) is 10.2 Å². The van der Waals surface area contributed by atoms with E-state index in [0.717, 1.165) is 32.1 Å². The maximum absolute atomic E-state index is 10.5. The summed E-state index contributed by atoms with van der Waals surface area (Å²) in [5.41, 5.74) is 13.6. The molecule has 4 saturated carbocycles. The molecular weight excluding hydrogens is 416 g/mol. The Hall–Kier alpha value is -0.240.